The molecule has 2 nitrogen and oxygen atoms in total. The third kappa shape index (κ3) is 3.32. The minimum atomic E-state index is 0.550. The molecule has 1 aliphatic heterocycles. The van der Waals surface area contributed by atoms with Crippen LogP contribution in [0.1, 0.15) is 24.8 Å². The second-order valence-corrected chi connectivity index (χ2v) is 4.80. The highest BCUT2D eigenvalue weighted by atomic mass is 14.9. The SMILES string of the molecule is NCC1CC(CCc2ccccc2)CCN1. The van der Waals surface area contributed by atoms with Crippen molar-refractivity contribution in [3.05, 3.63) is 35.9 Å². The molecule has 3 N–H and O–H groups in total. The summed E-state index contributed by atoms with van der Waals surface area (Å²) in [5.41, 5.74) is 7.17. The average molecular weight is 218 g/mol. The largest absolute Gasteiger partial charge is 0.329 e. The predicted octanol–water partition coefficient (Wildman–Crippen LogP) is 1.95. The maximum absolute atomic E-state index is 5.71. The Balaban J connectivity index is 1.77. The Hall–Kier alpha value is -0.860. The van der Waals surface area contributed by atoms with Gasteiger partial charge in [-0.15, -0.1) is 0 Å². The molecule has 88 valence electrons. The molecule has 1 aromatic rings. The standard InChI is InChI=1S/C14H22N2/c15-11-14-10-13(8-9-16-14)7-6-12-4-2-1-3-5-12/h1-5,13-14,16H,6-11,15H2. The molecule has 1 saturated heterocycles. The Morgan fingerprint density at radius 3 is 2.81 bits per heavy atom. The quantitative estimate of drug-likeness (QED) is 0.810. The highest BCUT2D eigenvalue weighted by Crippen LogP contribution is 2.21. The van der Waals surface area contributed by atoms with Gasteiger partial charge in [-0.2, -0.15) is 0 Å². The maximum Gasteiger partial charge on any atom is 0.0192 e. The molecule has 0 aliphatic carbocycles. The van der Waals surface area contributed by atoms with Gasteiger partial charge in [0.1, 0.15) is 0 Å². The molecular formula is C14H22N2. The van der Waals surface area contributed by atoms with Crippen molar-refractivity contribution in [2.24, 2.45) is 11.7 Å². The second kappa shape index (κ2) is 6.02. The van der Waals surface area contributed by atoms with Crippen molar-refractivity contribution in [2.45, 2.75) is 31.7 Å². The van der Waals surface area contributed by atoms with Crippen LogP contribution in [0.2, 0.25) is 0 Å². The van der Waals surface area contributed by atoms with E-state index in [4.69, 9.17) is 5.73 Å². The fourth-order valence-corrected chi connectivity index (χ4v) is 2.55. The second-order valence-electron chi connectivity index (χ2n) is 4.80. The lowest BCUT2D eigenvalue weighted by Gasteiger charge is -2.29. The number of aryl methyl sites for hydroxylation is 1. The zero-order valence-corrected chi connectivity index (χ0v) is 9.86. The van der Waals surface area contributed by atoms with Crippen LogP contribution in [0, 0.1) is 5.92 Å². The zero-order valence-electron chi connectivity index (χ0n) is 9.86. The normalized spacial score (nSPS) is 25.6. The first-order valence-corrected chi connectivity index (χ1v) is 6.36. The number of hydrogen-bond donors (Lipinski definition) is 2. The van der Waals surface area contributed by atoms with Gasteiger partial charge in [0, 0.05) is 12.6 Å². The van der Waals surface area contributed by atoms with Crippen molar-refractivity contribution in [1.29, 1.82) is 0 Å². The third-order valence-electron chi connectivity index (χ3n) is 3.57. The number of benzene rings is 1. The van der Waals surface area contributed by atoms with Crippen molar-refractivity contribution in [2.75, 3.05) is 13.1 Å². The molecule has 1 aromatic carbocycles. The van der Waals surface area contributed by atoms with E-state index in [9.17, 15) is 0 Å². The monoisotopic (exact) mass is 218 g/mol. The summed E-state index contributed by atoms with van der Waals surface area (Å²) in [6.07, 6.45) is 5.08. The smallest absolute Gasteiger partial charge is 0.0192 e. The van der Waals surface area contributed by atoms with Crippen LogP contribution in [0.25, 0.3) is 0 Å². The van der Waals surface area contributed by atoms with E-state index in [1.165, 1.54) is 31.2 Å². The van der Waals surface area contributed by atoms with Crippen LogP contribution in [0.5, 0.6) is 0 Å². The van der Waals surface area contributed by atoms with Crippen molar-refractivity contribution in [1.82, 2.24) is 5.32 Å². The van der Waals surface area contributed by atoms with Gasteiger partial charge < -0.3 is 11.1 Å². The Morgan fingerprint density at radius 2 is 2.06 bits per heavy atom. The van der Waals surface area contributed by atoms with Gasteiger partial charge >= 0.3 is 0 Å². The van der Waals surface area contributed by atoms with Crippen LogP contribution >= 0.6 is 0 Å². The number of nitrogens with two attached hydrogens (primary N) is 1. The molecule has 1 heterocycles. The molecule has 1 aliphatic rings. The van der Waals surface area contributed by atoms with Crippen molar-refractivity contribution in [3.63, 3.8) is 0 Å². The van der Waals surface area contributed by atoms with Crippen LogP contribution in [0.3, 0.4) is 0 Å². The van der Waals surface area contributed by atoms with Crippen LogP contribution in [-0.2, 0) is 6.42 Å². The fraction of sp³-hybridized carbons (Fsp3) is 0.571. The van der Waals surface area contributed by atoms with Crippen LogP contribution in [0.4, 0.5) is 0 Å². The Kier molecular flexibility index (Phi) is 4.37. The molecular weight excluding hydrogens is 196 g/mol. The molecule has 0 bridgehead atoms. The van der Waals surface area contributed by atoms with Gasteiger partial charge in [-0.25, -0.2) is 0 Å². The first-order valence-electron chi connectivity index (χ1n) is 6.36. The number of hydrogen-bond acceptors (Lipinski definition) is 2. The van der Waals surface area contributed by atoms with E-state index < -0.39 is 0 Å². The summed E-state index contributed by atoms with van der Waals surface area (Å²) >= 11 is 0. The molecule has 0 spiro atoms. The van der Waals surface area contributed by atoms with E-state index in [1.807, 2.05) is 0 Å². The predicted molar refractivity (Wildman–Crippen MR) is 68.3 cm³/mol. The molecule has 0 radical (unpaired) electrons. The van der Waals surface area contributed by atoms with Gasteiger partial charge in [-0.1, -0.05) is 30.3 Å². The van der Waals surface area contributed by atoms with Gasteiger partial charge in [0.15, 0.2) is 0 Å². The number of rotatable bonds is 4. The number of piperidine rings is 1. The Labute approximate surface area is 98.2 Å². The fourth-order valence-electron chi connectivity index (χ4n) is 2.55. The van der Waals surface area contributed by atoms with E-state index in [0.29, 0.717) is 6.04 Å². The van der Waals surface area contributed by atoms with Crippen LogP contribution in [0.15, 0.2) is 30.3 Å². The van der Waals surface area contributed by atoms with E-state index in [0.717, 1.165) is 19.0 Å². The van der Waals surface area contributed by atoms with Crippen molar-refractivity contribution < 1.29 is 0 Å². The van der Waals surface area contributed by atoms with Gasteiger partial charge in [0.05, 0.1) is 0 Å². The van der Waals surface area contributed by atoms with Gasteiger partial charge in [-0.3, -0.25) is 0 Å². The Bertz CT molecular complexity index is 297. The van der Waals surface area contributed by atoms with Crippen LogP contribution in [-0.4, -0.2) is 19.1 Å². The van der Waals surface area contributed by atoms with E-state index >= 15 is 0 Å². The Morgan fingerprint density at radius 1 is 1.25 bits per heavy atom. The van der Waals surface area contributed by atoms with Gasteiger partial charge in [0.25, 0.3) is 0 Å². The zero-order chi connectivity index (χ0) is 11.2. The minimum absolute atomic E-state index is 0.550. The lowest BCUT2D eigenvalue weighted by atomic mass is 9.87. The summed E-state index contributed by atoms with van der Waals surface area (Å²) in [5, 5.41) is 3.47. The molecule has 2 unspecified atom stereocenters. The third-order valence-corrected chi connectivity index (χ3v) is 3.57. The summed E-state index contributed by atoms with van der Waals surface area (Å²) in [6, 6.07) is 11.3. The van der Waals surface area contributed by atoms with E-state index in [1.54, 1.807) is 0 Å². The molecule has 16 heavy (non-hydrogen) atoms. The average Bonchev–Trinajstić information content (AvgIpc) is 2.38. The van der Waals surface area contributed by atoms with Gasteiger partial charge in [-0.05, 0) is 43.7 Å². The highest BCUT2D eigenvalue weighted by Gasteiger charge is 2.19. The molecule has 0 saturated carbocycles. The summed E-state index contributed by atoms with van der Waals surface area (Å²) in [6.45, 7) is 1.92. The van der Waals surface area contributed by atoms with Gasteiger partial charge in [0.2, 0.25) is 0 Å². The molecule has 2 rings (SSSR count). The first-order chi connectivity index (χ1) is 7.88. The lowest BCUT2D eigenvalue weighted by Crippen LogP contribution is -2.42. The molecule has 1 fully saturated rings. The molecule has 0 amide bonds. The van der Waals surface area contributed by atoms with Crippen molar-refractivity contribution >= 4 is 0 Å². The number of nitrogens with one attached hydrogen (secondary N) is 1. The molecule has 2 heteroatoms. The maximum atomic E-state index is 5.71. The first kappa shape index (κ1) is 11.6. The summed E-state index contributed by atoms with van der Waals surface area (Å²) in [4.78, 5) is 0. The highest BCUT2D eigenvalue weighted by molar-refractivity contribution is 5.14. The topological polar surface area (TPSA) is 38.0 Å². The molecule has 2 atom stereocenters. The van der Waals surface area contributed by atoms with Crippen LogP contribution < -0.4 is 11.1 Å². The van der Waals surface area contributed by atoms with E-state index in [-0.39, 0.29) is 0 Å². The lowest BCUT2D eigenvalue weighted by molar-refractivity contribution is 0.292. The van der Waals surface area contributed by atoms with Crippen molar-refractivity contribution in [3.8, 4) is 0 Å². The molecule has 0 aromatic heterocycles. The summed E-state index contributed by atoms with van der Waals surface area (Å²) < 4.78 is 0. The van der Waals surface area contributed by atoms with E-state index in [2.05, 4.69) is 35.6 Å². The minimum Gasteiger partial charge on any atom is -0.329 e. The summed E-state index contributed by atoms with van der Waals surface area (Å²) in [5.74, 6) is 0.856. The summed E-state index contributed by atoms with van der Waals surface area (Å²) in [7, 11) is 0.